The molecule has 2 unspecified atom stereocenters. The van der Waals surface area contributed by atoms with Gasteiger partial charge in [0.15, 0.2) is 5.82 Å². The van der Waals surface area contributed by atoms with E-state index in [4.69, 9.17) is 15.9 Å². The molecule has 0 spiro atoms. The summed E-state index contributed by atoms with van der Waals surface area (Å²) in [5.41, 5.74) is -0.0163. The van der Waals surface area contributed by atoms with E-state index in [1.807, 2.05) is 0 Å². The maximum absolute atomic E-state index is 16.2. The van der Waals surface area contributed by atoms with Crippen LogP contribution in [-0.2, 0) is 4.74 Å². The van der Waals surface area contributed by atoms with E-state index in [1.165, 1.54) is 37.6 Å². The topological polar surface area (TPSA) is 92.6 Å². The highest BCUT2D eigenvalue weighted by molar-refractivity contribution is 6.03. The van der Waals surface area contributed by atoms with Gasteiger partial charge in [-0.15, -0.1) is 6.42 Å². The third kappa shape index (κ3) is 3.39. The molecule has 2 aromatic carbocycles. The number of fused-ring (bicyclic) bond motifs is 4. The summed E-state index contributed by atoms with van der Waals surface area (Å²) in [5.74, 6) is 1.32. The van der Waals surface area contributed by atoms with Crippen LogP contribution in [0.5, 0.6) is 11.8 Å². The monoisotopic (exact) mass is 489 g/mol. The number of nitrogens with zero attached hydrogens (tertiary/aromatic N) is 4. The van der Waals surface area contributed by atoms with Gasteiger partial charge >= 0.3 is 6.01 Å². The molecular weight excluding hydrogens is 468 g/mol. The van der Waals surface area contributed by atoms with Gasteiger partial charge in [-0.25, -0.2) is 8.78 Å². The molecule has 2 aliphatic heterocycles. The van der Waals surface area contributed by atoms with E-state index >= 15 is 4.39 Å². The molecule has 182 valence electrons. The van der Waals surface area contributed by atoms with Gasteiger partial charge in [-0.3, -0.25) is 4.98 Å². The zero-order chi connectivity index (χ0) is 25.0. The van der Waals surface area contributed by atoms with Crippen molar-refractivity contribution in [1.82, 2.24) is 20.3 Å². The molecule has 10 heteroatoms. The standard InChI is InChI=1S/C26H21F2N5O3/c1-3-17-20(27)5-4-13-6-16(34)7-18(21(13)17)23-22(28)24-19(10-30-23)25(32-26(31-24)35-2)33-14-8-29-9-15(33)12-36-11-14/h1,4-7,10,14-15,29,34H,8-9,11-12H2,2H3. The average Bonchev–Trinajstić information content (AvgIpc) is 2.88. The third-order valence-corrected chi connectivity index (χ3v) is 6.69. The van der Waals surface area contributed by atoms with Gasteiger partial charge in [-0.1, -0.05) is 12.0 Å². The van der Waals surface area contributed by atoms with E-state index < -0.39 is 11.6 Å². The van der Waals surface area contributed by atoms with E-state index in [2.05, 4.69) is 31.1 Å². The summed E-state index contributed by atoms with van der Waals surface area (Å²) < 4.78 is 41.8. The van der Waals surface area contributed by atoms with Crippen molar-refractivity contribution in [3.05, 3.63) is 47.7 Å². The molecule has 36 heavy (non-hydrogen) atoms. The Balaban J connectivity index is 1.62. The Morgan fingerprint density at radius 1 is 1.19 bits per heavy atom. The van der Waals surface area contributed by atoms with Gasteiger partial charge in [-0.2, -0.15) is 9.97 Å². The van der Waals surface area contributed by atoms with Crippen molar-refractivity contribution < 1.29 is 23.4 Å². The summed E-state index contributed by atoms with van der Waals surface area (Å²) in [7, 11) is 1.41. The Morgan fingerprint density at radius 2 is 1.97 bits per heavy atom. The minimum Gasteiger partial charge on any atom is -0.508 e. The highest BCUT2D eigenvalue weighted by atomic mass is 19.1. The number of aromatic hydroxyl groups is 1. The first-order valence-electron chi connectivity index (χ1n) is 11.4. The van der Waals surface area contributed by atoms with Crippen molar-refractivity contribution in [3.8, 4) is 35.4 Å². The molecule has 2 N–H and O–H groups in total. The number of hydrogen-bond donors (Lipinski definition) is 2. The predicted octanol–water partition coefficient (Wildman–Crippen LogP) is 3.00. The highest BCUT2D eigenvalue weighted by Crippen LogP contribution is 2.39. The summed E-state index contributed by atoms with van der Waals surface area (Å²) in [6.45, 7) is 2.38. The lowest BCUT2D eigenvalue weighted by molar-refractivity contribution is 0.0524. The summed E-state index contributed by atoms with van der Waals surface area (Å²) in [5, 5.41) is 14.9. The van der Waals surface area contributed by atoms with Crippen LogP contribution in [0, 0.1) is 24.0 Å². The Hall–Kier alpha value is -4.07. The normalized spacial score (nSPS) is 19.4. The van der Waals surface area contributed by atoms with E-state index in [-0.39, 0.29) is 51.6 Å². The Morgan fingerprint density at radius 3 is 2.69 bits per heavy atom. The molecule has 8 nitrogen and oxygen atoms in total. The van der Waals surface area contributed by atoms with Crippen molar-refractivity contribution in [2.24, 2.45) is 0 Å². The van der Waals surface area contributed by atoms with Crippen LogP contribution in [0.2, 0.25) is 0 Å². The van der Waals surface area contributed by atoms with E-state index in [9.17, 15) is 9.50 Å². The molecule has 2 saturated heterocycles. The number of morpholine rings is 1. The van der Waals surface area contributed by atoms with Crippen LogP contribution in [0.25, 0.3) is 32.9 Å². The number of benzene rings is 2. The summed E-state index contributed by atoms with van der Waals surface area (Å²) >= 11 is 0. The molecule has 2 aromatic heterocycles. The molecule has 0 aliphatic carbocycles. The molecule has 0 amide bonds. The van der Waals surface area contributed by atoms with Crippen molar-refractivity contribution in [3.63, 3.8) is 0 Å². The first-order valence-corrected chi connectivity index (χ1v) is 11.4. The number of terminal acetylenes is 1. The third-order valence-electron chi connectivity index (χ3n) is 6.69. The zero-order valence-electron chi connectivity index (χ0n) is 19.3. The fraction of sp³-hybridized carbons (Fsp3) is 0.269. The summed E-state index contributed by atoms with van der Waals surface area (Å²) in [6.07, 6.45) is 7.08. The van der Waals surface area contributed by atoms with E-state index in [1.54, 1.807) is 0 Å². The quantitative estimate of drug-likeness (QED) is 0.425. The lowest BCUT2D eigenvalue weighted by atomic mass is 9.95. The number of methoxy groups -OCH3 is 1. The van der Waals surface area contributed by atoms with Gasteiger partial charge < -0.3 is 24.8 Å². The molecule has 2 fully saturated rings. The second-order valence-corrected chi connectivity index (χ2v) is 8.79. The Kier molecular flexibility index (Phi) is 5.32. The first kappa shape index (κ1) is 22.4. The maximum Gasteiger partial charge on any atom is 0.318 e. The second kappa shape index (κ2) is 8.55. The highest BCUT2D eigenvalue weighted by Gasteiger charge is 2.37. The van der Waals surface area contributed by atoms with Gasteiger partial charge in [0.05, 0.1) is 43.4 Å². The Bertz CT molecular complexity index is 1550. The smallest absolute Gasteiger partial charge is 0.318 e. The van der Waals surface area contributed by atoms with Crippen LogP contribution < -0.4 is 15.0 Å². The number of phenolic OH excluding ortho intramolecular Hbond substituents is 1. The number of nitrogens with one attached hydrogen (secondary N) is 1. The molecule has 2 aliphatic rings. The number of hydrogen-bond acceptors (Lipinski definition) is 8. The lowest BCUT2D eigenvalue weighted by Gasteiger charge is -2.46. The number of anilines is 1. The molecule has 2 atom stereocenters. The maximum atomic E-state index is 16.2. The fourth-order valence-electron chi connectivity index (χ4n) is 5.13. The van der Waals surface area contributed by atoms with Gasteiger partial charge in [0.1, 0.15) is 28.6 Å². The number of aromatic nitrogens is 3. The first-order chi connectivity index (χ1) is 17.5. The molecule has 6 rings (SSSR count). The van der Waals surface area contributed by atoms with Crippen LogP contribution in [0.15, 0.2) is 30.5 Å². The summed E-state index contributed by atoms with van der Waals surface area (Å²) in [6, 6.07) is 5.44. The predicted molar refractivity (Wildman–Crippen MR) is 130 cm³/mol. The van der Waals surface area contributed by atoms with Crippen LogP contribution in [0.4, 0.5) is 14.6 Å². The van der Waals surface area contributed by atoms with Gasteiger partial charge in [0, 0.05) is 30.2 Å². The van der Waals surface area contributed by atoms with Crippen molar-refractivity contribution in [1.29, 1.82) is 0 Å². The number of ether oxygens (including phenoxy) is 2. The van der Waals surface area contributed by atoms with Crippen LogP contribution in [0.3, 0.4) is 0 Å². The van der Waals surface area contributed by atoms with Crippen LogP contribution >= 0.6 is 0 Å². The average molecular weight is 489 g/mol. The lowest BCUT2D eigenvalue weighted by Crippen LogP contribution is -2.64. The van der Waals surface area contributed by atoms with Crippen molar-refractivity contribution in [2.75, 3.05) is 38.3 Å². The number of halogens is 2. The minimum absolute atomic E-state index is 0.000722. The summed E-state index contributed by atoms with van der Waals surface area (Å²) in [4.78, 5) is 15.4. The number of pyridine rings is 1. The number of rotatable bonds is 3. The van der Waals surface area contributed by atoms with E-state index in [0.717, 1.165) is 0 Å². The van der Waals surface area contributed by atoms with Crippen molar-refractivity contribution >= 4 is 27.5 Å². The molecule has 4 heterocycles. The fourth-order valence-corrected chi connectivity index (χ4v) is 5.13. The molecule has 0 radical (unpaired) electrons. The second-order valence-electron chi connectivity index (χ2n) is 8.79. The van der Waals surface area contributed by atoms with Gasteiger partial charge in [0.2, 0.25) is 0 Å². The molecule has 0 saturated carbocycles. The molecular formula is C26H21F2N5O3. The number of piperazine rings is 1. The zero-order valence-corrected chi connectivity index (χ0v) is 19.3. The van der Waals surface area contributed by atoms with Crippen LogP contribution in [-0.4, -0.2) is 65.6 Å². The number of phenols is 1. The largest absolute Gasteiger partial charge is 0.508 e. The Labute approximate surface area is 204 Å². The van der Waals surface area contributed by atoms with Gasteiger partial charge in [0.25, 0.3) is 0 Å². The SMILES string of the molecule is C#Cc1c(F)ccc2cc(O)cc(-c3ncc4c(N5C6CNCC5COC6)nc(OC)nc4c3F)c12. The molecule has 2 bridgehead atoms. The van der Waals surface area contributed by atoms with Crippen molar-refractivity contribution in [2.45, 2.75) is 12.1 Å². The van der Waals surface area contributed by atoms with Crippen LogP contribution in [0.1, 0.15) is 5.56 Å². The van der Waals surface area contributed by atoms with Gasteiger partial charge in [-0.05, 0) is 23.6 Å². The minimum atomic E-state index is -0.759. The van der Waals surface area contributed by atoms with E-state index in [0.29, 0.717) is 42.9 Å². The molecule has 4 aromatic rings.